The van der Waals surface area contributed by atoms with Crippen LogP contribution in [0.2, 0.25) is 0 Å². The minimum absolute atomic E-state index is 0.00169. The molecule has 192 valence electrons. The molecule has 13 atom stereocenters. The lowest BCUT2D eigenvalue weighted by molar-refractivity contribution is -0.268. The van der Waals surface area contributed by atoms with Crippen molar-refractivity contribution in [1.29, 1.82) is 0 Å². The van der Waals surface area contributed by atoms with Gasteiger partial charge in [-0.1, -0.05) is 40.5 Å². The highest BCUT2D eigenvalue weighted by Crippen LogP contribution is 2.69. The van der Waals surface area contributed by atoms with Crippen molar-refractivity contribution in [2.75, 3.05) is 6.61 Å². The number of hydrogen-bond acceptors (Lipinski definition) is 6. The molecule has 0 bridgehead atoms. The van der Waals surface area contributed by atoms with Gasteiger partial charge in [-0.15, -0.1) is 0 Å². The Balaban J connectivity index is 1.58. The van der Waals surface area contributed by atoms with E-state index in [1.807, 2.05) is 0 Å². The first-order valence-corrected chi connectivity index (χ1v) is 13.5. The van der Waals surface area contributed by atoms with Gasteiger partial charge in [0.05, 0.1) is 30.0 Å². The maximum atomic E-state index is 11.6. The van der Waals surface area contributed by atoms with E-state index in [9.17, 15) is 30.6 Å². The SMILES string of the molecule is C[C@H](CO)CCC[C@@H](C)[C@H]1[C@@H](O)[C@H](O)[C@@H]2[C@@H]3C[C@@H](O)[C@@]4(O)C[C@@H](O)CC[C@]4(C)[C@@H]3CC[C@@]21C. The van der Waals surface area contributed by atoms with Crippen molar-refractivity contribution >= 4 is 0 Å². The molecule has 4 aliphatic carbocycles. The van der Waals surface area contributed by atoms with Crippen LogP contribution in [-0.4, -0.2) is 67.3 Å². The maximum Gasteiger partial charge on any atom is 0.0985 e. The van der Waals surface area contributed by atoms with Gasteiger partial charge in [-0.25, -0.2) is 0 Å². The van der Waals surface area contributed by atoms with Gasteiger partial charge in [0.2, 0.25) is 0 Å². The predicted octanol–water partition coefficient (Wildman–Crippen LogP) is 2.47. The highest BCUT2D eigenvalue weighted by Gasteiger charge is 2.70. The molecular weight excluding hydrogens is 420 g/mol. The van der Waals surface area contributed by atoms with Crippen LogP contribution in [0.5, 0.6) is 0 Å². The molecule has 0 aliphatic heterocycles. The molecule has 6 heteroatoms. The number of fused-ring (bicyclic) bond motifs is 5. The second-order valence-electron chi connectivity index (χ2n) is 13.0. The van der Waals surface area contributed by atoms with Gasteiger partial charge in [-0.2, -0.15) is 0 Å². The topological polar surface area (TPSA) is 121 Å². The van der Waals surface area contributed by atoms with Crippen molar-refractivity contribution in [3.05, 3.63) is 0 Å². The number of aliphatic hydroxyl groups excluding tert-OH is 5. The highest BCUT2D eigenvalue weighted by molar-refractivity contribution is 5.19. The van der Waals surface area contributed by atoms with Gasteiger partial charge in [-0.05, 0) is 79.4 Å². The van der Waals surface area contributed by atoms with E-state index < -0.39 is 35.4 Å². The van der Waals surface area contributed by atoms with Crippen LogP contribution in [0.1, 0.15) is 85.5 Å². The predicted molar refractivity (Wildman–Crippen MR) is 126 cm³/mol. The van der Waals surface area contributed by atoms with Gasteiger partial charge < -0.3 is 30.6 Å². The first kappa shape index (κ1) is 25.8. The van der Waals surface area contributed by atoms with Crippen LogP contribution in [0.25, 0.3) is 0 Å². The van der Waals surface area contributed by atoms with Gasteiger partial charge in [-0.3, -0.25) is 0 Å². The van der Waals surface area contributed by atoms with Crippen LogP contribution in [0.4, 0.5) is 0 Å². The van der Waals surface area contributed by atoms with Gasteiger partial charge in [0.15, 0.2) is 0 Å². The third kappa shape index (κ3) is 3.82. The quantitative estimate of drug-likeness (QED) is 0.356. The summed E-state index contributed by atoms with van der Waals surface area (Å²) in [5, 5.41) is 65.0. The largest absolute Gasteiger partial charge is 0.396 e. The lowest BCUT2D eigenvalue weighted by Gasteiger charge is -2.65. The molecule has 4 rings (SSSR count). The second-order valence-corrected chi connectivity index (χ2v) is 13.0. The molecule has 0 saturated heterocycles. The molecule has 0 spiro atoms. The fraction of sp³-hybridized carbons (Fsp3) is 1.00. The first-order chi connectivity index (χ1) is 15.4. The molecule has 6 nitrogen and oxygen atoms in total. The van der Waals surface area contributed by atoms with E-state index in [0.29, 0.717) is 19.3 Å². The fourth-order valence-corrected chi connectivity index (χ4v) is 9.43. The third-order valence-electron chi connectivity index (χ3n) is 11.3. The van der Waals surface area contributed by atoms with Crippen molar-refractivity contribution in [3.8, 4) is 0 Å². The Morgan fingerprint density at radius 2 is 1.64 bits per heavy atom. The lowest BCUT2D eigenvalue weighted by atomic mass is 9.42. The number of aliphatic hydroxyl groups is 6. The zero-order chi connectivity index (χ0) is 24.3. The molecule has 4 fully saturated rings. The zero-order valence-electron chi connectivity index (χ0n) is 21.0. The molecule has 0 aromatic rings. The van der Waals surface area contributed by atoms with Gasteiger partial charge >= 0.3 is 0 Å². The molecule has 33 heavy (non-hydrogen) atoms. The third-order valence-corrected chi connectivity index (χ3v) is 11.3. The van der Waals surface area contributed by atoms with Gasteiger partial charge in [0.1, 0.15) is 0 Å². The van der Waals surface area contributed by atoms with Crippen molar-refractivity contribution in [2.45, 2.75) is 115 Å². The average Bonchev–Trinajstić information content (AvgIpc) is 2.95. The Bertz CT molecular complexity index is 702. The van der Waals surface area contributed by atoms with Crippen molar-refractivity contribution < 1.29 is 30.6 Å². The number of rotatable bonds is 6. The van der Waals surface area contributed by atoms with Crippen molar-refractivity contribution in [2.24, 2.45) is 46.3 Å². The molecule has 4 aliphatic rings. The van der Waals surface area contributed by atoms with Crippen molar-refractivity contribution in [3.63, 3.8) is 0 Å². The van der Waals surface area contributed by atoms with Crippen LogP contribution in [-0.2, 0) is 0 Å². The summed E-state index contributed by atoms with van der Waals surface area (Å²) in [7, 11) is 0. The lowest BCUT2D eigenvalue weighted by Crippen LogP contribution is -2.69. The van der Waals surface area contributed by atoms with E-state index in [0.717, 1.165) is 32.1 Å². The summed E-state index contributed by atoms with van der Waals surface area (Å²) in [6.07, 6.45) is 3.59. The van der Waals surface area contributed by atoms with Crippen LogP contribution in [0, 0.1) is 46.3 Å². The Morgan fingerprint density at radius 1 is 0.939 bits per heavy atom. The summed E-state index contributed by atoms with van der Waals surface area (Å²) < 4.78 is 0. The summed E-state index contributed by atoms with van der Waals surface area (Å²) in [4.78, 5) is 0. The van der Waals surface area contributed by atoms with E-state index in [4.69, 9.17) is 0 Å². The molecular formula is C27H48O6. The molecule has 0 radical (unpaired) electrons. The summed E-state index contributed by atoms with van der Waals surface area (Å²) in [6.45, 7) is 8.78. The number of hydrogen-bond donors (Lipinski definition) is 6. The average molecular weight is 469 g/mol. The zero-order valence-corrected chi connectivity index (χ0v) is 21.0. The van der Waals surface area contributed by atoms with Gasteiger partial charge in [0.25, 0.3) is 0 Å². The standard InChI is InChI=1S/C27H48O6/c1-15(14-28)6-5-7-16(2)21-23(31)24(32)22-18-12-20(30)27(33)13-17(29)8-11-26(27,4)19(18)9-10-25(21,22)3/h15-24,28-33H,5-14H2,1-4H3/t15-,16+,17-,18+,19+,20+,21-,22-,23+,24+,25+,26+,27-/m0/s1. The van der Waals surface area contributed by atoms with E-state index in [-0.39, 0.29) is 54.0 Å². The minimum atomic E-state index is -1.29. The Kier molecular flexibility index (Phi) is 7.05. The van der Waals surface area contributed by atoms with E-state index in [2.05, 4.69) is 27.7 Å². The fourth-order valence-electron chi connectivity index (χ4n) is 9.43. The summed E-state index contributed by atoms with van der Waals surface area (Å²) >= 11 is 0. The summed E-state index contributed by atoms with van der Waals surface area (Å²) in [5.74, 6) is 0.665. The maximum absolute atomic E-state index is 11.6. The van der Waals surface area contributed by atoms with E-state index in [1.165, 1.54) is 0 Å². The molecule has 0 aromatic heterocycles. The van der Waals surface area contributed by atoms with Gasteiger partial charge in [0, 0.05) is 18.4 Å². The monoisotopic (exact) mass is 468 g/mol. The van der Waals surface area contributed by atoms with Crippen molar-refractivity contribution in [1.82, 2.24) is 0 Å². The smallest absolute Gasteiger partial charge is 0.0985 e. The van der Waals surface area contributed by atoms with Crippen LogP contribution >= 0.6 is 0 Å². The molecule has 0 unspecified atom stereocenters. The molecule has 0 aromatic carbocycles. The molecule has 0 amide bonds. The van der Waals surface area contributed by atoms with Crippen LogP contribution < -0.4 is 0 Å². The van der Waals surface area contributed by atoms with Crippen LogP contribution in [0.15, 0.2) is 0 Å². The van der Waals surface area contributed by atoms with E-state index in [1.54, 1.807) is 0 Å². The molecule has 4 saturated carbocycles. The normalized spacial score (nSPS) is 53.6. The Labute approximate surface area is 199 Å². The molecule has 0 heterocycles. The summed E-state index contributed by atoms with van der Waals surface area (Å²) in [5.41, 5.74) is -2.00. The summed E-state index contributed by atoms with van der Waals surface area (Å²) in [6, 6.07) is 0. The molecule has 6 N–H and O–H groups in total. The second kappa shape index (κ2) is 9.01. The van der Waals surface area contributed by atoms with Crippen LogP contribution in [0.3, 0.4) is 0 Å². The minimum Gasteiger partial charge on any atom is -0.396 e. The Hall–Kier alpha value is -0.240. The van der Waals surface area contributed by atoms with E-state index >= 15 is 0 Å². The Morgan fingerprint density at radius 3 is 2.30 bits per heavy atom. The first-order valence-electron chi connectivity index (χ1n) is 13.5. The highest BCUT2D eigenvalue weighted by atomic mass is 16.3.